The van der Waals surface area contributed by atoms with Gasteiger partial charge in [-0.15, -0.1) is 0 Å². The fraction of sp³-hybridized carbons (Fsp3) is 0.312. The molecule has 0 aliphatic rings. The van der Waals surface area contributed by atoms with Crippen LogP contribution in [-0.4, -0.2) is 9.49 Å². The van der Waals surface area contributed by atoms with Crippen molar-refractivity contribution >= 4 is 5.69 Å². The van der Waals surface area contributed by atoms with Crippen LogP contribution in [0.5, 0.6) is 0 Å². The summed E-state index contributed by atoms with van der Waals surface area (Å²) in [5.74, 6) is 0.267. The van der Waals surface area contributed by atoms with Gasteiger partial charge in [0.2, 0.25) is 0 Å². The number of non-ortho nitro benzene ring substituents is 1. The van der Waals surface area contributed by atoms with Crippen LogP contribution in [-0.2, 0) is 13.1 Å². The Bertz CT molecular complexity index is 751. The molecule has 6 heteroatoms. The molecule has 2 rings (SSSR count). The van der Waals surface area contributed by atoms with Gasteiger partial charge in [-0.05, 0) is 12.0 Å². The Balaban J connectivity index is 2.64. The van der Waals surface area contributed by atoms with Gasteiger partial charge in [0.1, 0.15) is 0 Å². The molecule has 1 aromatic heterocycles. The smallest absolute Gasteiger partial charge is 0.270 e. The molecule has 116 valence electrons. The lowest BCUT2D eigenvalue weighted by molar-refractivity contribution is -0.384. The van der Waals surface area contributed by atoms with Crippen molar-refractivity contribution in [1.29, 1.82) is 0 Å². The molecule has 0 fully saturated rings. The number of hydrogen-bond acceptors (Lipinski definition) is 4. The maximum atomic E-state index is 12.5. The number of nitrogens with two attached hydrogens (primary N) is 1. The van der Waals surface area contributed by atoms with Gasteiger partial charge in [0.25, 0.3) is 11.2 Å². The van der Waals surface area contributed by atoms with E-state index in [4.69, 9.17) is 5.73 Å². The first-order valence-corrected chi connectivity index (χ1v) is 7.11. The Morgan fingerprint density at radius 2 is 2.00 bits per heavy atom. The van der Waals surface area contributed by atoms with Crippen LogP contribution in [0.2, 0.25) is 0 Å². The number of pyridine rings is 1. The maximum Gasteiger partial charge on any atom is 0.270 e. The first-order chi connectivity index (χ1) is 10.4. The minimum absolute atomic E-state index is 0.00365. The van der Waals surface area contributed by atoms with Crippen molar-refractivity contribution in [3.63, 3.8) is 0 Å². The van der Waals surface area contributed by atoms with Gasteiger partial charge in [0.05, 0.1) is 10.6 Å². The second kappa shape index (κ2) is 6.53. The lowest BCUT2D eigenvalue weighted by Crippen LogP contribution is -2.28. The number of hydrogen-bond donors (Lipinski definition) is 1. The Morgan fingerprint density at radius 3 is 2.59 bits per heavy atom. The number of rotatable bonds is 5. The number of aromatic nitrogens is 1. The van der Waals surface area contributed by atoms with Crippen LogP contribution in [0.15, 0.2) is 41.2 Å². The first-order valence-electron chi connectivity index (χ1n) is 7.11. The molecule has 0 aliphatic carbocycles. The molecule has 1 aromatic carbocycles. The molecular weight excluding hydrogens is 282 g/mol. The highest BCUT2D eigenvalue weighted by Gasteiger charge is 2.13. The van der Waals surface area contributed by atoms with E-state index in [0.717, 1.165) is 0 Å². The van der Waals surface area contributed by atoms with E-state index >= 15 is 0 Å². The number of nitro benzene ring substituents is 1. The predicted molar refractivity (Wildman–Crippen MR) is 85.5 cm³/mol. The Kier molecular flexibility index (Phi) is 4.72. The fourth-order valence-electron chi connectivity index (χ4n) is 2.36. The molecule has 2 aromatic rings. The normalized spacial score (nSPS) is 10.9. The molecule has 1 heterocycles. The van der Waals surface area contributed by atoms with Gasteiger partial charge < -0.3 is 10.3 Å². The van der Waals surface area contributed by atoms with Crippen molar-refractivity contribution in [2.24, 2.45) is 11.7 Å². The van der Waals surface area contributed by atoms with Crippen LogP contribution >= 0.6 is 0 Å². The molecule has 0 aliphatic heterocycles. The third-order valence-corrected chi connectivity index (χ3v) is 3.37. The van der Waals surface area contributed by atoms with Crippen LogP contribution in [0.4, 0.5) is 5.69 Å². The Hall–Kier alpha value is -2.47. The minimum atomic E-state index is -0.442. The number of nitro groups is 1. The molecule has 0 unspecified atom stereocenters. The van der Waals surface area contributed by atoms with E-state index in [9.17, 15) is 14.9 Å². The molecule has 0 amide bonds. The minimum Gasteiger partial charge on any atom is -0.326 e. The van der Waals surface area contributed by atoms with E-state index in [1.807, 2.05) is 13.8 Å². The Morgan fingerprint density at radius 1 is 1.27 bits per heavy atom. The molecule has 0 radical (unpaired) electrons. The molecule has 0 saturated carbocycles. The summed E-state index contributed by atoms with van der Waals surface area (Å²) >= 11 is 0. The van der Waals surface area contributed by atoms with Gasteiger partial charge in [-0.3, -0.25) is 14.9 Å². The number of nitrogens with zero attached hydrogens (tertiary/aromatic N) is 2. The monoisotopic (exact) mass is 301 g/mol. The van der Waals surface area contributed by atoms with Crippen LogP contribution in [0.25, 0.3) is 11.3 Å². The lowest BCUT2D eigenvalue weighted by Gasteiger charge is -2.16. The second-order valence-corrected chi connectivity index (χ2v) is 5.56. The summed E-state index contributed by atoms with van der Waals surface area (Å²) in [6, 6.07) is 9.78. The summed E-state index contributed by atoms with van der Waals surface area (Å²) in [5.41, 5.74) is 7.32. The summed E-state index contributed by atoms with van der Waals surface area (Å²) in [5, 5.41) is 10.9. The molecule has 0 atom stereocenters. The summed E-state index contributed by atoms with van der Waals surface area (Å²) in [4.78, 5) is 23.0. The number of benzene rings is 1. The van der Waals surface area contributed by atoms with Gasteiger partial charge in [-0.25, -0.2) is 0 Å². The average Bonchev–Trinajstić information content (AvgIpc) is 2.49. The van der Waals surface area contributed by atoms with Gasteiger partial charge in [0, 0.05) is 36.3 Å². The SMILES string of the molecule is CC(C)Cn1c(-c2cccc([N+](=O)[O-])c2)ccc(CN)c1=O. The quantitative estimate of drug-likeness (QED) is 0.678. The van der Waals surface area contributed by atoms with Gasteiger partial charge in [-0.2, -0.15) is 0 Å². The van der Waals surface area contributed by atoms with Crippen molar-refractivity contribution in [3.05, 3.63) is 62.4 Å². The highest BCUT2D eigenvalue weighted by atomic mass is 16.6. The van der Waals surface area contributed by atoms with Crippen molar-refractivity contribution < 1.29 is 4.92 Å². The maximum absolute atomic E-state index is 12.5. The van der Waals surface area contributed by atoms with E-state index in [1.54, 1.807) is 28.8 Å². The Labute approximate surface area is 128 Å². The average molecular weight is 301 g/mol. The van der Waals surface area contributed by atoms with Crippen LogP contribution in [0.3, 0.4) is 0 Å². The summed E-state index contributed by atoms with van der Waals surface area (Å²) in [6.07, 6.45) is 0. The first kappa shape index (κ1) is 15.9. The molecule has 0 spiro atoms. The van der Waals surface area contributed by atoms with Crippen LogP contribution in [0.1, 0.15) is 19.4 Å². The zero-order valence-corrected chi connectivity index (χ0v) is 12.7. The van der Waals surface area contributed by atoms with Crippen molar-refractivity contribution in [2.75, 3.05) is 0 Å². The van der Waals surface area contributed by atoms with E-state index in [0.29, 0.717) is 23.4 Å². The third kappa shape index (κ3) is 3.23. The molecule has 0 bridgehead atoms. The van der Waals surface area contributed by atoms with Gasteiger partial charge in [-0.1, -0.05) is 32.0 Å². The topological polar surface area (TPSA) is 91.2 Å². The molecule has 0 saturated heterocycles. The van der Waals surface area contributed by atoms with Crippen molar-refractivity contribution in [1.82, 2.24) is 4.57 Å². The summed E-state index contributed by atoms with van der Waals surface area (Å²) in [7, 11) is 0. The highest BCUT2D eigenvalue weighted by molar-refractivity contribution is 5.63. The van der Waals surface area contributed by atoms with Crippen LogP contribution < -0.4 is 11.3 Å². The van der Waals surface area contributed by atoms with E-state index in [1.165, 1.54) is 12.1 Å². The lowest BCUT2D eigenvalue weighted by atomic mass is 10.1. The molecule has 2 N–H and O–H groups in total. The van der Waals surface area contributed by atoms with E-state index in [2.05, 4.69) is 0 Å². The summed E-state index contributed by atoms with van der Waals surface area (Å²) < 4.78 is 1.64. The van der Waals surface area contributed by atoms with Crippen molar-refractivity contribution in [3.8, 4) is 11.3 Å². The third-order valence-electron chi connectivity index (χ3n) is 3.37. The molecule has 6 nitrogen and oxygen atoms in total. The van der Waals surface area contributed by atoms with E-state index < -0.39 is 4.92 Å². The predicted octanol–water partition coefficient (Wildman–Crippen LogP) is 2.54. The van der Waals surface area contributed by atoms with Gasteiger partial charge >= 0.3 is 0 Å². The largest absolute Gasteiger partial charge is 0.326 e. The highest BCUT2D eigenvalue weighted by Crippen LogP contribution is 2.23. The molecule has 22 heavy (non-hydrogen) atoms. The standard InChI is InChI=1S/C16H19N3O3/c1-11(2)10-18-15(7-6-13(9-17)16(18)20)12-4-3-5-14(8-12)19(21)22/h3-8,11H,9-10,17H2,1-2H3. The van der Waals surface area contributed by atoms with Gasteiger partial charge in [0.15, 0.2) is 0 Å². The second-order valence-electron chi connectivity index (χ2n) is 5.56. The van der Waals surface area contributed by atoms with Crippen LogP contribution in [0, 0.1) is 16.0 Å². The van der Waals surface area contributed by atoms with E-state index in [-0.39, 0.29) is 23.7 Å². The fourth-order valence-corrected chi connectivity index (χ4v) is 2.36. The molecular formula is C16H19N3O3. The zero-order chi connectivity index (χ0) is 16.3. The summed E-state index contributed by atoms with van der Waals surface area (Å²) in [6.45, 7) is 4.73. The zero-order valence-electron chi connectivity index (χ0n) is 12.7. The van der Waals surface area contributed by atoms with Crippen molar-refractivity contribution in [2.45, 2.75) is 26.9 Å².